The number of phosphoric ester groups is 1. The van der Waals surface area contributed by atoms with Crippen molar-refractivity contribution in [1.82, 2.24) is 0 Å². The zero-order chi connectivity index (χ0) is 52.7. The van der Waals surface area contributed by atoms with Gasteiger partial charge in [0.15, 0.2) is 6.10 Å². The van der Waals surface area contributed by atoms with Crippen LogP contribution < -0.4 is 0 Å². The molecule has 0 spiro atoms. The van der Waals surface area contributed by atoms with E-state index in [-0.39, 0.29) is 25.9 Å². The van der Waals surface area contributed by atoms with E-state index in [0.717, 1.165) is 109 Å². The Labute approximate surface area is 441 Å². The highest BCUT2D eigenvalue weighted by atomic mass is 31.2. The molecule has 3 atom stereocenters. The molecule has 0 aromatic carbocycles. The van der Waals surface area contributed by atoms with Crippen molar-refractivity contribution in [3.63, 3.8) is 0 Å². The number of aliphatic hydroxyl groups excluding tert-OH is 1. The average Bonchev–Trinajstić information content (AvgIpc) is 3.37. The summed E-state index contributed by atoms with van der Waals surface area (Å²) in [6, 6.07) is 0. The fourth-order valence-electron chi connectivity index (χ4n) is 8.17. The van der Waals surface area contributed by atoms with Crippen LogP contribution in [0, 0.1) is 0 Å². The van der Waals surface area contributed by atoms with Gasteiger partial charge >= 0.3 is 25.7 Å². The molecule has 0 amide bonds. The largest absolute Gasteiger partial charge is 0.472 e. The summed E-state index contributed by atoms with van der Waals surface area (Å²) in [6.07, 6.45) is 57.8. The Hall–Kier alpha value is -2.56. The van der Waals surface area contributed by atoms with E-state index in [0.29, 0.717) is 19.3 Å². The summed E-state index contributed by atoms with van der Waals surface area (Å²) in [7, 11) is -4.75. The highest BCUT2D eigenvalue weighted by Crippen LogP contribution is 2.43. The van der Waals surface area contributed by atoms with Crippen molar-refractivity contribution < 1.29 is 52.2 Å². The average molecular weight is 1040 g/mol. The smallest absolute Gasteiger partial charge is 0.462 e. The van der Waals surface area contributed by atoms with Crippen LogP contribution in [0.4, 0.5) is 0 Å². The van der Waals surface area contributed by atoms with E-state index in [4.69, 9.17) is 23.3 Å². The zero-order valence-electron chi connectivity index (χ0n) is 46.4. The van der Waals surface area contributed by atoms with E-state index >= 15 is 0 Å². The molecule has 0 saturated heterocycles. The number of unbranched alkanes of at least 4 members (excludes halogenated alkanes) is 30. The lowest BCUT2D eigenvalue weighted by Gasteiger charge is -2.21. The van der Waals surface area contributed by atoms with Crippen molar-refractivity contribution in [2.75, 3.05) is 26.4 Å². The van der Waals surface area contributed by atoms with Crippen LogP contribution in [0.25, 0.3) is 0 Å². The van der Waals surface area contributed by atoms with E-state index in [1.165, 1.54) is 109 Å². The van der Waals surface area contributed by atoms with Gasteiger partial charge in [-0.1, -0.05) is 230 Å². The number of phosphoric acid groups is 1. The van der Waals surface area contributed by atoms with Gasteiger partial charge in [0, 0.05) is 19.3 Å². The van der Waals surface area contributed by atoms with E-state index in [1.54, 1.807) is 0 Å². The van der Waals surface area contributed by atoms with E-state index in [1.807, 2.05) is 0 Å². The molecule has 0 aliphatic carbocycles. The van der Waals surface area contributed by atoms with Gasteiger partial charge < -0.3 is 24.2 Å². The molecule has 0 aromatic heterocycles. The van der Waals surface area contributed by atoms with Gasteiger partial charge in [-0.25, -0.2) is 4.57 Å². The van der Waals surface area contributed by atoms with Crippen molar-refractivity contribution in [3.05, 3.63) is 48.6 Å². The maximum Gasteiger partial charge on any atom is 0.472 e. The van der Waals surface area contributed by atoms with Crippen LogP contribution in [-0.4, -0.2) is 66.5 Å². The van der Waals surface area contributed by atoms with Crippen molar-refractivity contribution in [2.24, 2.45) is 0 Å². The first kappa shape index (κ1) is 69.4. The molecule has 12 heteroatoms. The third-order valence-electron chi connectivity index (χ3n) is 12.7. The van der Waals surface area contributed by atoms with Crippen molar-refractivity contribution in [1.29, 1.82) is 0 Å². The highest BCUT2D eigenvalue weighted by Gasteiger charge is 2.28. The SMILES string of the molecule is CCCC/C=C\CCCCCCCC(=O)OCC(COP(=O)(O)OCC(CO)OC(=O)CCCCCCCCCCCCCCCCC)OC(=O)CCCCCCCC/C=C\C/C=C\C/C=C\CCCCC. The van der Waals surface area contributed by atoms with Crippen molar-refractivity contribution in [2.45, 2.75) is 290 Å². The fraction of sp³-hybridized carbons (Fsp3) is 0.817. The summed E-state index contributed by atoms with van der Waals surface area (Å²) in [5.74, 6) is -1.48. The Balaban J connectivity index is 4.68. The molecule has 2 N–H and O–H groups in total. The summed E-state index contributed by atoms with van der Waals surface area (Å²) in [4.78, 5) is 48.5. The lowest BCUT2D eigenvalue weighted by molar-refractivity contribution is -0.161. The van der Waals surface area contributed by atoms with E-state index < -0.39 is 57.8 Å². The molecule has 0 aromatic rings. The fourth-order valence-corrected chi connectivity index (χ4v) is 8.95. The number of carbonyl (C=O) groups is 3. The first-order chi connectivity index (χ1) is 35.2. The standard InChI is InChI=1S/C60H109O11P/c1-4-7-10-13-16-19-22-24-26-27-28-29-31-33-36-39-42-45-48-51-60(64)71-57(53-67-58(62)49-46-43-40-37-34-21-18-15-12-9-6-3)55-69-72(65,66)68-54-56(52-61)70-59(63)50-47-44-41-38-35-32-30-25-23-20-17-14-11-8-5-2/h15-16,18-19,24,26,28-29,56-57,61H,4-14,17,20-23,25,27,30-55H2,1-3H3,(H,65,66)/b18-15-,19-16-,26-24-,29-28-. The number of ether oxygens (including phenoxy) is 3. The predicted molar refractivity (Wildman–Crippen MR) is 298 cm³/mol. The second kappa shape index (κ2) is 54.7. The summed E-state index contributed by atoms with van der Waals surface area (Å²) in [5, 5.41) is 9.81. The maximum atomic E-state index is 12.9. The van der Waals surface area contributed by atoms with Gasteiger partial charge in [-0.3, -0.25) is 23.4 Å². The van der Waals surface area contributed by atoms with Gasteiger partial charge in [-0.15, -0.1) is 0 Å². The van der Waals surface area contributed by atoms with E-state index in [2.05, 4.69) is 69.4 Å². The number of carbonyl (C=O) groups excluding carboxylic acids is 3. The maximum absolute atomic E-state index is 12.9. The molecule has 0 saturated carbocycles. The normalized spacial score (nSPS) is 13.7. The molecular formula is C60H109O11P. The quantitative estimate of drug-likeness (QED) is 0.0197. The third-order valence-corrected chi connectivity index (χ3v) is 13.7. The monoisotopic (exact) mass is 1040 g/mol. The summed E-state index contributed by atoms with van der Waals surface area (Å²) < 4.78 is 39.5. The number of hydrogen-bond acceptors (Lipinski definition) is 10. The number of hydrogen-bond donors (Lipinski definition) is 2. The summed E-state index contributed by atoms with van der Waals surface area (Å²) in [6.45, 7) is 4.59. The van der Waals surface area contributed by atoms with E-state index in [9.17, 15) is 28.9 Å². The molecular weight excluding hydrogens is 928 g/mol. The van der Waals surface area contributed by atoms with Crippen LogP contribution in [0.15, 0.2) is 48.6 Å². The second-order valence-corrected chi connectivity index (χ2v) is 21.3. The Kier molecular flexibility index (Phi) is 52.7. The molecule has 11 nitrogen and oxygen atoms in total. The van der Waals surface area contributed by atoms with Gasteiger partial charge in [-0.2, -0.15) is 0 Å². The van der Waals surface area contributed by atoms with Gasteiger partial charge in [0.25, 0.3) is 0 Å². The van der Waals surface area contributed by atoms with Crippen LogP contribution in [-0.2, 0) is 42.2 Å². The van der Waals surface area contributed by atoms with Gasteiger partial charge in [-0.05, 0) is 77.0 Å². The number of allylic oxidation sites excluding steroid dienone is 8. The van der Waals surface area contributed by atoms with Gasteiger partial charge in [0.2, 0.25) is 0 Å². The lowest BCUT2D eigenvalue weighted by atomic mass is 10.0. The summed E-state index contributed by atoms with van der Waals surface area (Å²) in [5.41, 5.74) is 0. The first-order valence-corrected chi connectivity index (χ1v) is 31.0. The minimum absolute atomic E-state index is 0.153. The minimum atomic E-state index is -4.75. The Morgan fingerprint density at radius 1 is 0.389 bits per heavy atom. The molecule has 0 fully saturated rings. The predicted octanol–water partition coefficient (Wildman–Crippen LogP) is 17.4. The lowest BCUT2D eigenvalue weighted by Crippen LogP contribution is -2.30. The van der Waals surface area contributed by atoms with Crippen LogP contribution >= 0.6 is 7.82 Å². The Morgan fingerprint density at radius 2 is 0.694 bits per heavy atom. The number of esters is 3. The van der Waals surface area contributed by atoms with Crippen molar-refractivity contribution >= 4 is 25.7 Å². The molecule has 0 radical (unpaired) electrons. The molecule has 0 heterocycles. The molecule has 3 unspecified atom stereocenters. The van der Waals surface area contributed by atoms with Crippen molar-refractivity contribution in [3.8, 4) is 0 Å². The third kappa shape index (κ3) is 52.3. The molecule has 72 heavy (non-hydrogen) atoms. The molecule has 0 rings (SSSR count). The molecule has 0 aliphatic heterocycles. The number of rotatable bonds is 55. The second-order valence-electron chi connectivity index (χ2n) is 19.8. The Morgan fingerprint density at radius 3 is 1.12 bits per heavy atom. The highest BCUT2D eigenvalue weighted by molar-refractivity contribution is 7.47. The number of aliphatic hydroxyl groups is 1. The van der Waals surface area contributed by atoms with Crippen LogP contribution in [0.1, 0.15) is 278 Å². The van der Waals surface area contributed by atoms with Crippen LogP contribution in [0.3, 0.4) is 0 Å². The van der Waals surface area contributed by atoms with Gasteiger partial charge in [0.1, 0.15) is 12.7 Å². The molecule has 0 bridgehead atoms. The minimum Gasteiger partial charge on any atom is -0.462 e. The van der Waals surface area contributed by atoms with Crippen LogP contribution in [0.5, 0.6) is 0 Å². The Bertz CT molecular complexity index is 1400. The zero-order valence-corrected chi connectivity index (χ0v) is 47.3. The molecule has 0 aliphatic rings. The summed E-state index contributed by atoms with van der Waals surface area (Å²) >= 11 is 0. The first-order valence-electron chi connectivity index (χ1n) is 29.5. The topological polar surface area (TPSA) is 155 Å². The molecule has 420 valence electrons. The van der Waals surface area contributed by atoms with Crippen LogP contribution in [0.2, 0.25) is 0 Å². The van der Waals surface area contributed by atoms with Gasteiger partial charge in [0.05, 0.1) is 19.8 Å².